The van der Waals surface area contributed by atoms with Crippen LogP contribution in [0.2, 0.25) is 0 Å². The van der Waals surface area contributed by atoms with E-state index in [0.29, 0.717) is 0 Å². The van der Waals surface area contributed by atoms with Gasteiger partial charge in [-0.15, -0.1) is 11.3 Å². The standard InChI is InChI=1S/C7H12N2S/c1-3-8-5-7-9-4-6(2)10-7/h4,8H,3,5H2,1-2H3. The molecule has 0 aliphatic heterocycles. The first-order chi connectivity index (χ1) is 4.83. The topological polar surface area (TPSA) is 24.9 Å². The molecule has 0 aromatic carbocycles. The lowest BCUT2D eigenvalue weighted by Crippen LogP contribution is -2.11. The van der Waals surface area contributed by atoms with Crippen molar-refractivity contribution >= 4 is 11.3 Å². The Balaban J connectivity index is 2.42. The summed E-state index contributed by atoms with van der Waals surface area (Å²) in [6.07, 6.45) is 1.91. The van der Waals surface area contributed by atoms with Crippen molar-refractivity contribution in [2.24, 2.45) is 0 Å². The zero-order valence-corrected chi connectivity index (χ0v) is 7.16. The number of rotatable bonds is 3. The molecule has 0 saturated carbocycles. The molecule has 1 rings (SSSR count). The molecule has 1 N–H and O–H groups in total. The fraction of sp³-hybridized carbons (Fsp3) is 0.571. The van der Waals surface area contributed by atoms with Gasteiger partial charge in [0.25, 0.3) is 0 Å². The van der Waals surface area contributed by atoms with E-state index in [4.69, 9.17) is 0 Å². The highest BCUT2D eigenvalue weighted by atomic mass is 32.1. The van der Waals surface area contributed by atoms with E-state index in [2.05, 4.69) is 24.1 Å². The Bertz CT molecular complexity index is 195. The second kappa shape index (κ2) is 3.68. The first kappa shape index (κ1) is 7.69. The lowest BCUT2D eigenvalue weighted by atomic mass is 10.6. The van der Waals surface area contributed by atoms with E-state index in [0.717, 1.165) is 13.1 Å². The summed E-state index contributed by atoms with van der Waals surface area (Å²) in [7, 11) is 0. The number of nitrogens with zero attached hydrogens (tertiary/aromatic N) is 1. The molecule has 0 aliphatic rings. The minimum atomic E-state index is 0.912. The smallest absolute Gasteiger partial charge is 0.107 e. The van der Waals surface area contributed by atoms with Crippen LogP contribution >= 0.6 is 11.3 Å². The van der Waals surface area contributed by atoms with Gasteiger partial charge in [0.1, 0.15) is 5.01 Å². The number of thiazole rings is 1. The van der Waals surface area contributed by atoms with Gasteiger partial charge in [-0.2, -0.15) is 0 Å². The highest BCUT2D eigenvalue weighted by Crippen LogP contribution is 2.09. The van der Waals surface area contributed by atoms with Gasteiger partial charge in [0.15, 0.2) is 0 Å². The maximum atomic E-state index is 4.21. The lowest BCUT2D eigenvalue weighted by Gasteiger charge is -1.93. The number of nitrogens with one attached hydrogen (secondary N) is 1. The highest BCUT2D eigenvalue weighted by molar-refractivity contribution is 7.11. The Morgan fingerprint density at radius 3 is 3.00 bits per heavy atom. The molecular formula is C7H12N2S. The molecule has 1 aromatic heterocycles. The second-order valence-corrected chi connectivity index (χ2v) is 3.46. The Morgan fingerprint density at radius 1 is 1.70 bits per heavy atom. The maximum Gasteiger partial charge on any atom is 0.107 e. The lowest BCUT2D eigenvalue weighted by molar-refractivity contribution is 0.722. The second-order valence-electron chi connectivity index (χ2n) is 2.14. The minimum Gasteiger partial charge on any atom is -0.311 e. The van der Waals surface area contributed by atoms with E-state index in [-0.39, 0.29) is 0 Å². The number of aromatic nitrogens is 1. The van der Waals surface area contributed by atoms with Crippen molar-refractivity contribution < 1.29 is 0 Å². The van der Waals surface area contributed by atoms with Crippen LogP contribution in [0.5, 0.6) is 0 Å². The van der Waals surface area contributed by atoms with Crippen molar-refractivity contribution in [1.82, 2.24) is 10.3 Å². The van der Waals surface area contributed by atoms with E-state index in [1.54, 1.807) is 11.3 Å². The molecular weight excluding hydrogens is 144 g/mol. The summed E-state index contributed by atoms with van der Waals surface area (Å²) in [6.45, 7) is 6.10. The monoisotopic (exact) mass is 156 g/mol. The van der Waals surface area contributed by atoms with Crippen LogP contribution in [0.4, 0.5) is 0 Å². The third kappa shape index (κ3) is 2.08. The van der Waals surface area contributed by atoms with E-state index >= 15 is 0 Å². The molecule has 0 bridgehead atoms. The largest absolute Gasteiger partial charge is 0.311 e. The summed E-state index contributed by atoms with van der Waals surface area (Å²) in [6, 6.07) is 0. The van der Waals surface area contributed by atoms with Crippen molar-refractivity contribution in [2.75, 3.05) is 6.54 Å². The summed E-state index contributed by atoms with van der Waals surface area (Å²) < 4.78 is 0. The molecule has 3 heteroatoms. The van der Waals surface area contributed by atoms with Crippen LogP contribution in [0.3, 0.4) is 0 Å². The van der Waals surface area contributed by atoms with Gasteiger partial charge in [0, 0.05) is 17.6 Å². The predicted molar refractivity (Wildman–Crippen MR) is 44.2 cm³/mol. The number of hydrogen-bond acceptors (Lipinski definition) is 3. The van der Waals surface area contributed by atoms with Crippen LogP contribution < -0.4 is 5.32 Å². The average Bonchev–Trinajstić information content (AvgIpc) is 2.31. The van der Waals surface area contributed by atoms with Crippen molar-refractivity contribution in [3.63, 3.8) is 0 Å². The molecule has 0 spiro atoms. The SMILES string of the molecule is CCNCc1ncc(C)s1. The van der Waals surface area contributed by atoms with Crippen LogP contribution in [0, 0.1) is 6.92 Å². The van der Waals surface area contributed by atoms with Crippen molar-refractivity contribution in [3.05, 3.63) is 16.1 Å². The third-order valence-corrected chi connectivity index (χ3v) is 2.11. The van der Waals surface area contributed by atoms with Gasteiger partial charge in [-0.05, 0) is 13.5 Å². The van der Waals surface area contributed by atoms with Crippen LogP contribution in [0.25, 0.3) is 0 Å². The van der Waals surface area contributed by atoms with Gasteiger partial charge in [0.2, 0.25) is 0 Å². The first-order valence-electron chi connectivity index (χ1n) is 3.45. The Labute approximate surface area is 65.3 Å². The fourth-order valence-corrected chi connectivity index (χ4v) is 1.47. The summed E-state index contributed by atoms with van der Waals surface area (Å²) in [5.74, 6) is 0. The highest BCUT2D eigenvalue weighted by Gasteiger charge is 1.94. The molecule has 0 amide bonds. The number of hydrogen-bond donors (Lipinski definition) is 1. The molecule has 1 aromatic rings. The normalized spacial score (nSPS) is 10.2. The van der Waals surface area contributed by atoms with Crippen LogP contribution in [0.1, 0.15) is 16.8 Å². The minimum absolute atomic E-state index is 0.912. The Morgan fingerprint density at radius 2 is 2.50 bits per heavy atom. The van der Waals surface area contributed by atoms with Crippen LogP contribution in [0.15, 0.2) is 6.20 Å². The molecule has 0 saturated heterocycles. The van der Waals surface area contributed by atoms with Gasteiger partial charge in [-0.25, -0.2) is 4.98 Å². The van der Waals surface area contributed by atoms with E-state index in [1.807, 2.05) is 6.20 Å². The van der Waals surface area contributed by atoms with Crippen LogP contribution in [-0.2, 0) is 6.54 Å². The average molecular weight is 156 g/mol. The third-order valence-electron chi connectivity index (χ3n) is 1.20. The number of aryl methyl sites for hydroxylation is 1. The maximum absolute atomic E-state index is 4.21. The van der Waals surface area contributed by atoms with Gasteiger partial charge in [0.05, 0.1) is 0 Å². The quantitative estimate of drug-likeness (QED) is 0.718. The van der Waals surface area contributed by atoms with Crippen LogP contribution in [-0.4, -0.2) is 11.5 Å². The predicted octanol–water partition coefficient (Wildman–Crippen LogP) is 1.56. The van der Waals surface area contributed by atoms with Crippen molar-refractivity contribution in [2.45, 2.75) is 20.4 Å². The Kier molecular flexibility index (Phi) is 2.83. The van der Waals surface area contributed by atoms with E-state index in [9.17, 15) is 0 Å². The molecule has 0 fully saturated rings. The summed E-state index contributed by atoms with van der Waals surface area (Å²) in [5, 5.41) is 4.41. The van der Waals surface area contributed by atoms with E-state index in [1.165, 1.54) is 9.88 Å². The molecule has 1 heterocycles. The van der Waals surface area contributed by atoms with Crippen molar-refractivity contribution in [1.29, 1.82) is 0 Å². The summed E-state index contributed by atoms with van der Waals surface area (Å²) in [4.78, 5) is 5.49. The Hall–Kier alpha value is -0.410. The molecule has 0 radical (unpaired) electrons. The van der Waals surface area contributed by atoms with E-state index < -0.39 is 0 Å². The summed E-state index contributed by atoms with van der Waals surface area (Å²) in [5.41, 5.74) is 0. The first-order valence-corrected chi connectivity index (χ1v) is 4.26. The molecule has 10 heavy (non-hydrogen) atoms. The van der Waals surface area contributed by atoms with Gasteiger partial charge in [-0.1, -0.05) is 6.92 Å². The zero-order chi connectivity index (χ0) is 7.40. The molecule has 0 aliphatic carbocycles. The van der Waals surface area contributed by atoms with Crippen molar-refractivity contribution in [3.8, 4) is 0 Å². The van der Waals surface area contributed by atoms with Gasteiger partial charge < -0.3 is 5.32 Å². The molecule has 0 atom stereocenters. The molecule has 2 nitrogen and oxygen atoms in total. The van der Waals surface area contributed by atoms with Gasteiger partial charge >= 0.3 is 0 Å². The van der Waals surface area contributed by atoms with Gasteiger partial charge in [-0.3, -0.25) is 0 Å². The molecule has 56 valence electrons. The molecule has 0 unspecified atom stereocenters. The zero-order valence-electron chi connectivity index (χ0n) is 6.35. The fourth-order valence-electron chi connectivity index (χ4n) is 0.715. The summed E-state index contributed by atoms with van der Waals surface area (Å²) >= 11 is 1.75.